The standard InChI is InChI=1S/C69H94N16O19S3/c1-32(2)22-44(60(95)81-55(34(5)6)65(100)83-56(35(7)87)63(98)75-28-52(92)78-46(30-105)67(102)103)80-64(99)54(33(3)4)82-61(96)45(29-86)77-51(91)27-73-50(90)26-74-59(94)43(12-10-20-72-68(70)71)79-62(97)47-13-11-21-85(47)66(101)57(69(8,9)107)84-58(93)42-23-36(76-31-106)14-17-39(42)53-40-18-15-37(88)24-48(40)104-49-25-38(89)16-19-41(49)53/h14-19,23-25,32-35,43-47,54-57,86-88,105,107H,10-13,20-22,26-30H2,1-9H3,(H,73,90)(H,74,94)(H,75,98)(H,77,91)(H,78,92)(H,79,97)(H,80,99)(H,81,95)(H,82,96)(H,83,100)(H,84,93)(H,102,103)(H4,70,71,72)/t35-,43+,44+,45+,46+,47+,54+,55+,56+,57-/m1/s1. The zero-order valence-corrected chi connectivity index (χ0v) is 63.0. The molecule has 3 aliphatic rings. The number of isothiocyanates is 1. The molecule has 107 heavy (non-hydrogen) atoms. The summed E-state index contributed by atoms with van der Waals surface area (Å²) in [7, 11) is 0. The molecule has 0 bridgehead atoms. The second kappa shape index (κ2) is 40.5. The number of rotatable bonds is 38. The average Bonchev–Trinajstić information content (AvgIpc) is 1.33. The van der Waals surface area contributed by atoms with E-state index in [4.69, 9.17) is 40.7 Å². The van der Waals surface area contributed by atoms with Crippen molar-refractivity contribution in [3.63, 3.8) is 0 Å². The fourth-order valence-corrected chi connectivity index (χ4v) is 11.9. The Labute approximate surface area is 632 Å². The number of carboxylic acid groups (broad SMARTS) is 1. The maximum atomic E-state index is 14.9. The van der Waals surface area contributed by atoms with Gasteiger partial charge < -0.3 is 99.7 Å². The van der Waals surface area contributed by atoms with Crippen LogP contribution in [0, 0.1) is 17.8 Å². The van der Waals surface area contributed by atoms with Gasteiger partial charge in [0.05, 0.1) is 43.2 Å². The number of hydrogen-bond donors (Lipinski definition) is 19. The van der Waals surface area contributed by atoms with E-state index in [0.29, 0.717) is 28.5 Å². The number of aliphatic hydroxyl groups is 2. The van der Waals surface area contributed by atoms with Crippen LogP contribution in [0.5, 0.6) is 5.75 Å². The topological polar surface area (TPSA) is 545 Å². The highest BCUT2D eigenvalue weighted by molar-refractivity contribution is 7.81. The number of carbonyl (C=O) groups excluding carboxylic acids is 12. The molecule has 0 spiro atoms. The first-order valence-electron chi connectivity index (χ1n) is 34.2. The van der Waals surface area contributed by atoms with Crippen LogP contribution in [0.15, 0.2) is 73.8 Å². The molecule has 19 N–H and O–H groups in total. The number of carbonyl (C=O) groups is 13. The van der Waals surface area contributed by atoms with Crippen LogP contribution in [-0.2, 0) is 57.5 Å². The monoisotopic (exact) mass is 1550 g/mol. The summed E-state index contributed by atoms with van der Waals surface area (Å²) >= 11 is 13.5. The summed E-state index contributed by atoms with van der Waals surface area (Å²) < 4.78 is 4.72. The third kappa shape index (κ3) is 25.5. The summed E-state index contributed by atoms with van der Waals surface area (Å²) in [5, 5.41) is 69.8. The fourth-order valence-electron chi connectivity index (χ4n) is 11.3. The molecule has 35 nitrogen and oxygen atoms in total. The molecule has 2 aromatic rings. The number of amides is 12. The molecule has 582 valence electrons. The SMILES string of the molecule is CC(C)C[C@H](NC(=O)[C@@H](NC(=O)[C@H](CO)NC(=O)CNC(=O)CNC(=O)[C@H](CCCN=C(N)N)NC(=O)[C@@H]1CCCN1C(=O)[C@@H](NC(=O)c1cc(N=C=S)ccc1-c1c2ccc(=O)cc-2oc2cc(O)ccc12)C(C)(C)S)C(C)C)C(=O)N[C@H](C(=O)N[C@H](C(=O)NCC(=O)N[C@@H](CS)C(=O)O)[C@@H](C)O)C(C)C. The van der Waals surface area contributed by atoms with Crippen LogP contribution in [0.4, 0.5) is 5.69 Å². The van der Waals surface area contributed by atoms with Crippen molar-refractivity contribution in [2.75, 3.05) is 45.1 Å². The van der Waals surface area contributed by atoms with Crippen LogP contribution in [0.3, 0.4) is 0 Å². The number of thiocarbonyl (C=S) groups is 1. The van der Waals surface area contributed by atoms with Crippen LogP contribution in [-0.4, -0.2) is 224 Å². The summed E-state index contributed by atoms with van der Waals surface area (Å²) in [5.41, 5.74) is 12.2. The molecule has 2 aromatic carbocycles. The Hall–Kier alpha value is -10.3. The van der Waals surface area contributed by atoms with Gasteiger partial charge >= 0.3 is 5.97 Å². The van der Waals surface area contributed by atoms with Gasteiger partial charge in [0.2, 0.25) is 65.0 Å². The number of nitrogens with one attached hydrogen (secondary N) is 11. The Kier molecular flexibility index (Phi) is 33.0. The number of aliphatic carboxylic acids is 1. The van der Waals surface area contributed by atoms with Crippen molar-refractivity contribution < 1.29 is 87.2 Å². The number of hydrogen-bond acceptors (Lipinski definition) is 23. The predicted octanol–water partition coefficient (Wildman–Crippen LogP) is -1.66. The van der Waals surface area contributed by atoms with E-state index in [1.165, 1.54) is 48.2 Å². The van der Waals surface area contributed by atoms with Gasteiger partial charge in [-0.05, 0) is 125 Å². The van der Waals surface area contributed by atoms with Gasteiger partial charge in [0.25, 0.3) is 5.91 Å². The van der Waals surface area contributed by atoms with Crippen LogP contribution >= 0.6 is 37.5 Å². The Bertz CT molecular complexity index is 4060. The zero-order valence-electron chi connectivity index (χ0n) is 60.4. The number of fused-ring (bicyclic) bond motifs is 2. The van der Waals surface area contributed by atoms with Gasteiger partial charge in [-0.25, -0.2) is 4.79 Å². The highest BCUT2D eigenvalue weighted by atomic mass is 32.1. The first kappa shape index (κ1) is 87.4. The molecule has 5 rings (SSSR count). The molecule has 10 atom stereocenters. The molecular formula is C69H94N16O19S3. The highest BCUT2D eigenvalue weighted by Crippen LogP contribution is 2.43. The fraction of sp³-hybridized carbons (Fsp3) is 0.507. The van der Waals surface area contributed by atoms with Gasteiger partial charge in [0.15, 0.2) is 11.4 Å². The predicted molar refractivity (Wildman–Crippen MR) is 402 cm³/mol. The number of aromatic hydroxyl groups is 1. The quantitative estimate of drug-likeness (QED) is 0.00597. The highest BCUT2D eigenvalue weighted by Gasteiger charge is 2.44. The van der Waals surface area contributed by atoms with Crippen molar-refractivity contribution in [2.45, 2.75) is 160 Å². The van der Waals surface area contributed by atoms with Crippen molar-refractivity contribution in [1.82, 2.24) is 63.4 Å². The molecule has 0 radical (unpaired) electrons. The number of aliphatic imine (C=N–C) groups is 2. The van der Waals surface area contributed by atoms with E-state index in [1.807, 2.05) is 0 Å². The number of nitrogens with two attached hydrogens (primary N) is 2. The summed E-state index contributed by atoms with van der Waals surface area (Å²) in [6.07, 6.45) is -1.10. The minimum absolute atomic E-state index is 0.00501. The van der Waals surface area contributed by atoms with E-state index in [-0.39, 0.29) is 90.2 Å². The molecule has 0 saturated carbocycles. The maximum absolute atomic E-state index is 14.9. The minimum atomic E-state index is -1.72. The van der Waals surface area contributed by atoms with Gasteiger partial charge in [0, 0.05) is 57.8 Å². The largest absolute Gasteiger partial charge is 0.508 e. The van der Waals surface area contributed by atoms with E-state index < -0.39 is 180 Å². The molecule has 2 aliphatic heterocycles. The van der Waals surface area contributed by atoms with Gasteiger partial charge in [-0.1, -0.05) is 47.6 Å². The third-order valence-electron chi connectivity index (χ3n) is 16.9. The molecule has 1 fully saturated rings. The van der Waals surface area contributed by atoms with Crippen LogP contribution in [0.25, 0.3) is 33.4 Å². The number of guanidine groups is 1. The molecule has 0 unspecified atom stereocenters. The summed E-state index contributed by atoms with van der Waals surface area (Å²) in [6.45, 7) is 10.7. The normalized spacial score (nSPS) is 15.3. The lowest BCUT2D eigenvalue weighted by Gasteiger charge is -2.35. The van der Waals surface area contributed by atoms with E-state index in [0.717, 1.165) is 0 Å². The molecular weight excluding hydrogens is 1450 g/mol. The molecule has 1 aliphatic carbocycles. The van der Waals surface area contributed by atoms with Gasteiger partial charge in [-0.15, -0.1) is 0 Å². The van der Waals surface area contributed by atoms with Crippen molar-refractivity contribution in [3.8, 4) is 28.2 Å². The number of carboxylic acids is 1. The number of thiol groups is 2. The minimum Gasteiger partial charge on any atom is -0.508 e. The number of phenols is 1. The second-order valence-corrected chi connectivity index (χ2v) is 28.7. The number of phenolic OH excluding ortho intramolecular Hbond substituents is 1. The molecule has 12 amide bonds. The Balaban J connectivity index is 1.22. The average molecular weight is 1550 g/mol. The Morgan fingerprint density at radius 3 is 1.86 bits per heavy atom. The van der Waals surface area contributed by atoms with E-state index >= 15 is 0 Å². The lowest BCUT2D eigenvalue weighted by molar-refractivity contribution is -0.141. The van der Waals surface area contributed by atoms with Crippen LogP contribution < -0.4 is 75.4 Å². The van der Waals surface area contributed by atoms with E-state index in [2.05, 4.69) is 86.3 Å². The summed E-state index contributed by atoms with van der Waals surface area (Å²) in [4.78, 5) is 198. The van der Waals surface area contributed by atoms with Crippen molar-refractivity contribution >= 4 is 142 Å². The smallest absolute Gasteiger partial charge is 0.327 e. The zero-order chi connectivity index (χ0) is 79.9. The van der Waals surface area contributed by atoms with E-state index in [9.17, 15) is 87.5 Å². The van der Waals surface area contributed by atoms with Gasteiger partial charge in [-0.2, -0.15) is 30.2 Å². The lowest BCUT2D eigenvalue weighted by atomic mass is 9.90. The number of likely N-dealkylation sites (tertiary alicyclic amines) is 1. The van der Waals surface area contributed by atoms with Gasteiger partial charge in [-0.3, -0.25) is 67.3 Å². The first-order chi connectivity index (χ1) is 50.3. The third-order valence-corrected chi connectivity index (χ3v) is 17.6. The van der Waals surface area contributed by atoms with Crippen LogP contribution in [0.1, 0.15) is 105 Å². The van der Waals surface area contributed by atoms with Crippen LogP contribution in [0.2, 0.25) is 0 Å². The molecule has 38 heteroatoms. The Morgan fingerprint density at radius 1 is 0.692 bits per heavy atom. The first-order valence-corrected chi connectivity index (χ1v) is 35.7. The Morgan fingerprint density at radius 2 is 1.28 bits per heavy atom. The summed E-state index contributed by atoms with van der Waals surface area (Å²) in [5.74, 6) is -14.3. The number of benzene rings is 3. The van der Waals surface area contributed by atoms with Crippen molar-refractivity contribution in [1.29, 1.82) is 0 Å². The number of aliphatic hydroxyl groups excluding tert-OH is 2. The lowest BCUT2D eigenvalue weighted by Crippen LogP contribution is -2.62. The molecule has 2 heterocycles. The second-order valence-electron chi connectivity index (χ2n) is 27.0. The van der Waals surface area contributed by atoms with Crippen molar-refractivity contribution in [3.05, 3.63) is 70.4 Å². The maximum Gasteiger partial charge on any atom is 0.327 e. The molecule has 1 saturated heterocycles. The van der Waals surface area contributed by atoms with Gasteiger partial charge in [0.1, 0.15) is 71.5 Å². The number of nitrogens with zero attached hydrogens (tertiary/aromatic N) is 3. The molecule has 0 aromatic heterocycles. The summed E-state index contributed by atoms with van der Waals surface area (Å²) in [6, 6.07) is 0.156. The van der Waals surface area contributed by atoms with E-state index in [1.54, 1.807) is 73.6 Å². The van der Waals surface area contributed by atoms with Crippen molar-refractivity contribution in [2.24, 2.45) is 39.2 Å².